The van der Waals surface area contributed by atoms with E-state index in [4.69, 9.17) is 4.42 Å². The fourth-order valence-electron chi connectivity index (χ4n) is 9.56. The molecule has 2 heterocycles. The van der Waals surface area contributed by atoms with Gasteiger partial charge < -0.3 is 8.98 Å². The quantitative estimate of drug-likeness (QED) is 0.169. The van der Waals surface area contributed by atoms with Gasteiger partial charge in [0.2, 0.25) is 0 Å². The van der Waals surface area contributed by atoms with Gasteiger partial charge in [0.15, 0.2) is 0 Å². The molecule has 54 heavy (non-hydrogen) atoms. The molecule has 0 spiro atoms. The zero-order valence-corrected chi connectivity index (χ0v) is 30.6. The van der Waals surface area contributed by atoms with Crippen molar-refractivity contribution in [1.82, 2.24) is 4.57 Å². The van der Waals surface area contributed by atoms with E-state index in [1.165, 1.54) is 81.6 Å². The van der Waals surface area contributed by atoms with Crippen molar-refractivity contribution in [3.05, 3.63) is 174 Å². The van der Waals surface area contributed by atoms with Crippen molar-refractivity contribution < 1.29 is 4.42 Å². The minimum Gasteiger partial charge on any atom is -0.456 e. The van der Waals surface area contributed by atoms with Crippen molar-refractivity contribution in [3.63, 3.8) is 0 Å². The molecule has 2 heteroatoms. The minimum atomic E-state index is -0.0836. The van der Waals surface area contributed by atoms with Gasteiger partial charge in [0.05, 0.1) is 11.0 Å². The van der Waals surface area contributed by atoms with Crippen LogP contribution in [-0.4, -0.2) is 4.57 Å². The van der Waals surface area contributed by atoms with Crippen molar-refractivity contribution in [3.8, 4) is 27.9 Å². The highest BCUT2D eigenvalue weighted by Crippen LogP contribution is 2.51. The van der Waals surface area contributed by atoms with E-state index in [1.807, 2.05) is 6.08 Å². The summed E-state index contributed by atoms with van der Waals surface area (Å²) in [6.07, 6.45) is 6.25. The van der Waals surface area contributed by atoms with Gasteiger partial charge in [-0.25, -0.2) is 0 Å². The highest BCUT2D eigenvalue weighted by molar-refractivity contribution is 6.13. The summed E-state index contributed by atoms with van der Waals surface area (Å²) in [4.78, 5) is 0. The second kappa shape index (κ2) is 11.2. The third-order valence-electron chi connectivity index (χ3n) is 12.1. The van der Waals surface area contributed by atoms with Crippen molar-refractivity contribution in [1.29, 1.82) is 0 Å². The van der Waals surface area contributed by atoms with Crippen LogP contribution >= 0.6 is 0 Å². The maximum atomic E-state index is 6.48. The van der Waals surface area contributed by atoms with Gasteiger partial charge in [0, 0.05) is 32.6 Å². The summed E-state index contributed by atoms with van der Waals surface area (Å²) in [6, 6.07) is 51.4. The number of nitrogens with zero attached hydrogens (tertiary/aromatic N) is 1. The van der Waals surface area contributed by atoms with E-state index in [-0.39, 0.29) is 5.41 Å². The van der Waals surface area contributed by atoms with Gasteiger partial charge in [-0.2, -0.15) is 0 Å². The molecule has 0 aliphatic heterocycles. The average molecular weight is 692 g/mol. The lowest BCUT2D eigenvalue weighted by atomic mass is 9.82. The molecule has 2 nitrogen and oxygen atoms in total. The molecule has 1 aliphatic rings. The molecule has 0 saturated heterocycles. The first-order valence-corrected chi connectivity index (χ1v) is 18.8. The molecule has 0 radical (unpaired) electrons. The van der Waals surface area contributed by atoms with Crippen LogP contribution in [0.2, 0.25) is 0 Å². The van der Waals surface area contributed by atoms with Crippen LogP contribution in [0.4, 0.5) is 0 Å². The van der Waals surface area contributed by atoms with Gasteiger partial charge in [-0.3, -0.25) is 0 Å². The van der Waals surface area contributed by atoms with Gasteiger partial charge in [0.25, 0.3) is 0 Å². The van der Waals surface area contributed by atoms with Crippen LogP contribution in [-0.2, 0) is 5.41 Å². The summed E-state index contributed by atoms with van der Waals surface area (Å²) >= 11 is 0. The van der Waals surface area contributed by atoms with Crippen LogP contribution in [0.1, 0.15) is 31.9 Å². The van der Waals surface area contributed by atoms with Gasteiger partial charge in [0.1, 0.15) is 11.2 Å². The summed E-state index contributed by atoms with van der Waals surface area (Å²) < 4.78 is 8.93. The van der Waals surface area contributed by atoms with E-state index >= 15 is 0 Å². The highest BCUT2D eigenvalue weighted by Gasteiger charge is 2.36. The molecule has 10 aromatic rings. The van der Waals surface area contributed by atoms with E-state index < -0.39 is 0 Å². The molecule has 0 N–H and O–H groups in total. The lowest BCUT2D eigenvalue weighted by Gasteiger charge is -2.21. The number of hydrogen-bond acceptors (Lipinski definition) is 1. The molecular weight excluding hydrogens is 655 g/mol. The fourth-order valence-corrected chi connectivity index (χ4v) is 9.56. The Kier molecular flexibility index (Phi) is 6.41. The molecule has 0 atom stereocenters. The Labute approximate surface area is 313 Å². The van der Waals surface area contributed by atoms with Gasteiger partial charge >= 0.3 is 0 Å². The monoisotopic (exact) mass is 691 g/mol. The second-order valence-electron chi connectivity index (χ2n) is 15.3. The van der Waals surface area contributed by atoms with Crippen LogP contribution in [0.3, 0.4) is 0 Å². The predicted molar refractivity (Wildman–Crippen MR) is 230 cm³/mol. The van der Waals surface area contributed by atoms with Gasteiger partial charge in [-0.15, -0.1) is 0 Å². The molecule has 256 valence electrons. The third kappa shape index (κ3) is 4.17. The van der Waals surface area contributed by atoms with Gasteiger partial charge in [-0.1, -0.05) is 124 Å². The molecule has 1 aliphatic carbocycles. The average Bonchev–Trinajstić information content (AvgIpc) is 3.81. The standard InChI is InChI=1S/C52H37NO/c1-5-13-35-34(6-2)41-26-31(20-23-38(41)37-15-8-7-14-36(35)37)32-21-24-50-44(27-32)45-28-33(22-25-51(45)54-50)53-48-19-12-10-17-40(48)43-29-42-39-16-9-11-18-46(39)52(3,4)47(42)30-49(43)53/h5-30H,1H2,2-4H3/b34-6+,35-13+. The molecule has 0 fully saturated rings. The van der Waals surface area contributed by atoms with E-state index in [9.17, 15) is 0 Å². The Hall–Kier alpha value is -6.64. The Morgan fingerprint density at radius 3 is 2.00 bits per heavy atom. The summed E-state index contributed by atoms with van der Waals surface area (Å²) in [7, 11) is 0. The largest absolute Gasteiger partial charge is 0.456 e. The maximum Gasteiger partial charge on any atom is 0.135 e. The van der Waals surface area contributed by atoms with Crippen LogP contribution in [0, 0.1) is 0 Å². The number of fused-ring (bicyclic) bond motifs is 12. The number of benzene rings is 8. The second-order valence-corrected chi connectivity index (χ2v) is 15.3. The number of hydrogen-bond donors (Lipinski definition) is 0. The van der Waals surface area contributed by atoms with E-state index in [0.717, 1.165) is 33.2 Å². The summed E-state index contributed by atoms with van der Waals surface area (Å²) in [5.74, 6) is 0. The number of rotatable bonds is 3. The fraction of sp³-hybridized carbons (Fsp3) is 0.0769. The summed E-state index contributed by atoms with van der Waals surface area (Å²) in [6.45, 7) is 10.9. The van der Waals surface area contributed by atoms with Crippen LogP contribution in [0.5, 0.6) is 0 Å². The minimum absolute atomic E-state index is 0.0836. The molecule has 0 amide bonds. The van der Waals surface area contributed by atoms with Crippen LogP contribution in [0.25, 0.3) is 105 Å². The number of furan rings is 1. The zero-order valence-electron chi connectivity index (χ0n) is 30.6. The predicted octanol–water partition coefficient (Wildman–Crippen LogP) is 12.7. The summed E-state index contributed by atoms with van der Waals surface area (Å²) in [5.41, 5.74) is 13.1. The lowest BCUT2D eigenvalue weighted by Crippen LogP contribution is -2.26. The molecular formula is C52H37NO. The molecule has 0 saturated carbocycles. The van der Waals surface area contributed by atoms with E-state index in [2.05, 4.69) is 184 Å². The van der Waals surface area contributed by atoms with Crippen molar-refractivity contribution in [2.24, 2.45) is 0 Å². The first-order chi connectivity index (χ1) is 26.4. The molecule has 0 unspecified atom stereocenters. The highest BCUT2D eigenvalue weighted by atomic mass is 16.3. The van der Waals surface area contributed by atoms with E-state index in [0.29, 0.717) is 0 Å². The van der Waals surface area contributed by atoms with Crippen molar-refractivity contribution in [2.45, 2.75) is 26.2 Å². The Balaban J connectivity index is 1.12. The molecule has 8 aromatic carbocycles. The molecule has 11 rings (SSSR count). The number of allylic oxidation sites excluding steroid dienone is 1. The first-order valence-electron chi connectivity index (χ1n) is 18.8. The van der Waals surface area contributed by atoms with Crippen LogP contribution in [0.15, 0.2) is 157 Å². The zero-order chi connectivity index (χ0) is 36.3. The Bertz CT molecular complexity index is 3390. The number of para-hydroxylation sites is 1. The lowest BCUT2D eigenvalue weighted by molar-refractivity contribution is 0.661. The normalized spacial score (nSPS) is 14.3. The smallest absolute Gasteiger partial charge is 0.135 e. The van der Waals surface area contributed by atoms with Crippen molar-refractivity contribution >= 4 is 77.4 Å². The Morgan fingerprint density at radius 1 is 0.519 bits per heavy atom. The van der Waals surface area contributed by atoms with Crippen LogP contribution < -0.4 is 10.4 Å². The van der Waals surface area contributed by atoms with Crippen molar-refractivity contribution in [2.75, 3.05) is 0 Å². The van der Waals surface area contributed by atoms with E-state index in [1.54, 1.807) is 0 Å². The third-order valence-corrected chi connectivity index (χ3v) is 12.1. The SMILES string of the molecule is C=C/C=c1\c(=C/C)c2cc(-c3ccc4oc5ccc(-n6c7ccccc7c7cc8c(cc76)C(C)(C)c6ccccc6-8)cc5c4c3)ccc2c2ccccc12. The molecule has 2 aromatic heterocycles. The maximum absolute atomic E-state index is 6.48. The first kappa shape index (κ1) is 30.9. The molecule has 0 bridgehead atoms. The van der Waals surface area contributed by atoms with Gasteiger partial charge in [-0.05, 0) is 127 Å². The number of aromatic nitrogens is 1. The summed E-state index contributed by atoms with van der Waals surface area (Å²) in [5, 5.41) is 12.2. The Morgan fingerprint density at radius 2 is 1.19 bits per heavy atom. The topological polar surface area (TPSA) is 18.1 Å².